The van der Waals surface area contributed by atoms with Gasteiger partial charge in [0.25, 0.3) is 3.25 Å². The quantitative estimate of drug-likeness (QED) is 0.265. The maximum atomic E-state index is 9.38. The molecule has 0 saturated heterocycles. The Morgan fingerprint density at radius 3 is 1.00 bits per heavy atom. The molecule has 2 aromatic rings. The van der Waals surface area contributed by atoms with Gasteiger partial charge in [-0.1, -0.05) is 94.9 Å². The number of alkyl halides is 4. The van der Waals surface area contributed by atoms with E-state index in [0.717, 1.165) is 0 Å². The first-order chi connectivity index (χ1) is 10.7. The first-order valence-electron chi connectivity index (χ1n) is 5.49. The van der Waals surface area contributed by atoms with Crippen molar-refractivity contribution in [3.63, 3.8) is 0 Å². The van der Waals surface area contributed by atoms with Crippen LogP contribution < -0.4 is 67.4 Å². The molecule has 0 heterocycles. The van der Waals surface area contributed by atoms with Gasteiger partial charge in [0, 0.05) is 0 Å². The van der Waals surface area contributed by atoms with Gasteiger partial charge in [0.05, 0.1) is 0 Å². The number of benzene rings is 2. The average Bonchev–Trinajstić information content (AvgIpc) is 2.33. The van der Waals surface area contributed by atoms with Crippen molar-refractivity contribution in [1.82, 2.24) is 0 Å². The fraction of sp³-hybridized carbons (Fsp3) is 0.0909. The Kier molecular flexibility index (Phi) is 22.4. The van der Waals surface area contributed by atoms with Crippen LogP contribution in [0.4, 0.5) is 0 Å². The van der Waals surface area contributed by atoms with Crippen LogP contribution in [0, 0.1) is 0 Å². The van der Waals surface area contributed by atoms with E-state index in [1.165, 1.54) is 10.8 Å². The Balaban J connectivity index is -0.000000146. The van der Waals surface area contributed by atoms with E-state index in [-0.39, 0.29) is 64.6 Å². The molecule has 0 spiro atoms. The van der Waals surface area contributed by atoms with Crippen LogP contribution in [-0.4, -0.2) is 8.73 Å². The Bertz CT molecular complexity index is 759. The summed E-state index contributed by atoms with van der Waals surface area (Å²) in [4.78, 5) is 0. The first-order valence-corrected chi connectivity index (χ1v) is 11.2. The topological polar surface area (TPSA) is 155 Å². The Morgan fingerprint density at radius 2 is 0.889 bits per heavy atom. The van der Waals surface area contributed by atoms with E-state index in [1.807, 2.05) is 0 Å². The average molecular weight is 562 g/mol. The van der Waals surface area contributed by atoms with Gasteiger partial charge in [0.1, 0.15) is 0 Å². The van der Waals surface area contributed by atoms with Crippen LogP contribution in [-0.2, 0) is 45.3 Å². The number of halogens is 4. The largest absolute Gasteiger partial charge is 0.0616 e. The fourth-order valence-corrected chi connectivity index (χ4v) is 2.87. The molecule has 2 aromatic carbocycles. The molecule has 0 saturated carbocycles. The minimum atomic E-state index is -6.07. The third-order valence-electron chi connectivity index (χ3n) is 1.83. The summed E-state index contributed by atoms with van der Waals surface area (Å²) in [6, 6.07) is 16.7. The van der Waals surface area contributed by atoms with Gasteiger partial charge in [-0.3, -0.25) is 0 Å². The normalized spacial score (nSPS) is 10.4. The molecule has 0 aliphatic rings. The van der Waals surface area contributed by atoms with Gasteiger partial charge in [-0.25, -0.2) is 0 Å². The number of rotatable bonds is 2. The van der Waals surface area contributed by atoms with Crippen LogP contribution in [0.1, 0.15) is 0 Å². The van der Waals surface area contributed by atoms with E-state index in [9.17, 15) is 23.5 Å². The zero-order valence-corrected chi connectivity index (χ0v) is 23.4. The molecule has 0 aromatic heterocycles. The van der Waals surface area contributed by atoms with Gasteiger partial charge in [-0.05, 0) is 10.8 Å². The van der Waals surface area contributed by atoms with Gasteiger partial charge in [-0.2, -0.15) is 0 Å². The second-order valence-electron chi connectivity index (χ2n) is 3.66. The van der Waals surface area contributed by atoms with Crippen LogP contribution in [0.3, 0.4) is 0 Å². The van der Waals surface area contributed by atoms with Crippen LogP contribution in [0.2, 0.25) is 0 Å². The molecule has 0 radical (unpaired) electrons. The molecule has 0 atom stereocenters. The van der Waals surface area contributed by atoms with Gasteiger partial charge in [0.15, 0.2) is 0 Å². The van der Waals surface area contributed by atoms with E-state index in [1.54, 1.807) is 0 Å². The van der Waals surface area contributed by atoms with E-state index in [2.05, 4.69) is 51.4 Å². The number of hydrogen-bond donors (Lipinski definition) is 0. The van der Waals surface area contributed by atoms with E-state index in [4.69, 9.17) is 46.4 Å². The van der Waals surface area contributed by atoms with Crippen LogP contribution in [0.25, 0.3) is 10.8 Å². The molecule has 0 fully saturated rings. The third-order valence-corrected chi connectivity index (χ3v) is 4.49. The summed E-state index contributed by atoms with van der Waals surface area (Å²) < 4.78 is 57.3. The fourth-order valence-electron chi connectivity index (χ4n) is 1.23. The SMILES string of the molecule is ClC(Cl)(Cl)Cl.O.[Na+].[Na+].[O]=[Cr](=[O])([O-])[O][Cr](=[O])(=[O])[O-].c1ccc2ccccc2c1. The van der Waals surface area contributed by atoms with Crippen molar-refractivity contribution in [2.45, 2.75) is 3.25 Å². The van der Waals surface area contributed by atoms with E-state index in [0.29, 0.717) is 0 Å². The molecule has 2 N–H and O–H groups in total. The second kappa shape index (κ2) is 16.6. The molecule has 0 aliphatic heterocycles. The molecule has 16 heteroatoms. The van der Waals surface area contributed by atoms with Gasteiger partial charge in [0.2, 0.25) is 0 Å². The monoisotopic (exact) mass is 560 g/mol. The van der Waals surface area contributed by atoms with E-state index >= 15 is 0 Å². The van der Waals surface area contributed by atoms with Crippen molar-refractivity contribution in [3.8, 4) is 0 Å². The molecule has 27 heavy (non-hydrogen) atoms. The van der Waals surface area contributed by atoms with Crippen molar-refractivity contribution in [2.24, 2.45) is 0 Å². The Labute approximate surface area is 224 Å². The maximum Gasteiger partial charge on any atom is -0.0184 e. The van der Waals surface area contributed by atoms with Crippen LogP contribution in [0.5, 0.6) is 0 Å². The smallest absolute Gasteiger partial charge is 0.0184 e. The summed E-state index contributed by atoms with van der Waals surface area (Å²) in [6.07, 6.45) is 0. The molecular weight excluding hydrogens is 552 g/mol. The van der Waals surface area contributed by atoms with Crippen molar-refractivity contribution < 1.29 is 118 Å². The molecule has 8 nitrogen and oxygen atoms in total. The van der Waals surface area contributed by atoms with Crippen LogP contribution in [0.15, 0.2) is 48.5 Å². The summed E-state index contributed by atoms with van der Waals surface area (Å²) in [5.41, 5.74) is 0. The summed E-state index contributed by atoms with van der Waals surface area (Å²) in [5, 5.41) is 2.62. The van der Waals surface area contributed by atoms with Crippen molar-refractivity contribution in [3.05, 3.63) is 48.5 Å². The minimum absolute atomic E-state index is 0. The number of hydrogen-bond acceptors (Lipinski definition) is 7. The minimum Gasteiger partial charge on any atom is -0.0616 e. The summed E-state index contributed by atoms with van der Waals surface area (Å²) in [7, 11) is 0. The van der Waals surface area contributed by atoms with Gasteiger partial charge < -0.3 is 5.48 Å². The predicted octanol–water partition coefficient (Wildman–Crippen LogP) is -4.35. The molecule has 0 unspecified atom stereocenters. The predicted molar refractivity (Wildman–Crippen MR) is 77.5 cm³/mol. The van der Waals surface area contributed by atoms with Gasteiger partial charge >= 0.3 is 113 Å². The molecule has 0 amide bonds. The zero-order valence-electron chi connectivity index (χ0n) is 13.8. The third kappa shape index (κ3) is 28.0. The molecule has 0 aliphatic carbocycles. The zero-order chi connectivity index (χ0) is 19.0. The maximum absolute atomic E-state index is 9.38. The number of fused-ring (bicyclic) bond motifs is 1. The molecule has 0 bridgehead atoms. The van der Waals surface area contributed by atoms with Crippen molar-refractivity contribution in [2.75, 3.05) is 0 Å². The summed E-state index contributed by atoms with van der Waals surface area (Å²) >= 11 is 7.16. The first kappa shape index (κ1) is 36.3. The Hall–Kier alpha value is 1.96. The summed E-state index contributed by atoms with van der Waals surface area (Å²) in [5.74, 6) is 0. The molecule has 144 valence electrons. The molecule has 2 rings (SSSR count). The standard InChI is InChI=1S/C10H8.CCl4.2Cr.2Na.H2O.7O/c1-2-6-10-8-4-3-7-9(10)5-1;2-1(3,4)5;;;;;;;;;;;;/h1-8H;;;;;;1H2;;;;;;;/q;;;;2*+1;;;;;;;2*-1. The van der Waals surface area contributed by atoms with Gasteiger partial charge in [-0.15, -0.1) is 0 Å². The van der Waals surface area contributed by atoms with Crippen molar-refractivity contribution in [1.29, 1.82) is 0 Å². The van der Waals surface area contributed by atoms with Crippen LogP contribution >= 0.6 is 46.4 Å². The van der Waals surface area contributed by atoms with Crippen molar-refractivity contribution >= 4 is 57.2 Å². The molecular formula is C11H10Cl4Cr2Na2O8. The Morgan fingerprint density at radius 1 is 0.704 bits per heavy atom. The summed E-state index contributed by atoms with van der Waals surface area (Å²) in [6.45, 7) is 0. The second-order valence-corrected chi connectivity index (χ2v) is 10.7. The van der Waals surface area contributed by atoms with E-state index < -0.39 is 30.5 Å².